The van der Waals surface area contributed by atoms with E-state index in [4.69, 9.17) is 5.73 Å². The number of nitrogens with zero attached hydrogens (tertiary/aromatic N) is 4. The van der Waals surface area contributed by atoms with Crippen molar-refractivity contribution in [3.05, 3.63) is 56.8 Å². The van der Waals surface area contributed by atoms with Crippen LogP contribution in [0.2, 0.25) is 0 Å². The molecule has 0 spiro atoms. The number of allylic oxidation sites excluding steroid dienone is 3. The molecule has 0 radical (unpaired) electrons. The quantitative estimate of drug-likeness (QED) is 0.575. The van der Waals surface area contributed by atoms with Crippen LogP contribution in [0.1, 0.15) is 92.5 Å². The van der Waals surface area contributed by atoms with Crippen molar-refractivity contribution in [3.8, 4) is 12.1 Å². The highest BCUT2D eigenvalue weighted by molar-refractivity contribution is 6.09. The van der Waals surface area contributed by atoms with E-state index in [1.165, 1.54) is 16.8 Å². The SMILES string of the molecule is CCCN1c2cc(C)c(/C=C3\C(C)=C(C#N)c4nc(N)c(C#N)c(C)c43)cc2C(C)CC1(C)C. The van der Waals surface area contributed by atoms with Gasteiger partial charge in [-0.2, -0.15) is 10.5 Å². The molecular formula is C29H33N5. The van der Waals surface area contributed by atoms with Gasteiger partial charge in [0, 0.05) is 23.3 Å². The molecule has 0 fully saturated rings. The van der Waals surface area contributed by atoms with Gasteiger partial charge in [0.25, 0.3) is 0 Å². The fraction of sp³-hybridized carbons (Fsp3) is 0.414. The minimum atomic E-state index is 0.122. The van der Waals surface area contributed by atoms with Crippen LogP contribution in [0.4, 0.5) is 11.5 Å². The molecule has 0 saturated heterocycles. The van der Waals surface area contributed by atoms with Gasteiger partial charge in [0.05, 0.1) is 16.8 Å². The number of nitrogen functional groups attached to an aromatic ring is 1. The average molecular weight is 452 g/mol. The molecule has 1 aromatic heterocycles. The molecule has 174 valence electrons. The standard InChI is InChI=1S/C29H33N5/c1-8-9-34-25-10-16(2)20(11-21(25)17(3)13-29(34,6)7)12-22-18(4)23(14-30)27-26(22)19(5)24(15-31)28(32)33-27/h10-12,17H,8-9,13H2,1-7H3,(H2,32,33)/b22-12+. The average Bonchev–Trinajstić information content (AvgIpc) is 3.02. The van der Waals surface area contributed by atoms with E-state index in [9.17, 15) is 10.5 Å². The minimum absolute atomic E-state index is 0.122. The van der Waals surface area contributed by atoms with Crippen molar-refractivity contribution in [1.29, 1.82) is 10.5 Å². The Hall–Kier alpha value is -3.57. The second-order valence-electron chi connectivity index (χ2n) is 10.3. The van der Waals surface area contributed by atoms with Crippen molar-refractivity contribution in [1.82, 2.24) is 4.98 Å². The Morgan fingerprint density at radius 1 is 1.21 bits per heavy atom. The van der Waals surface area contributed by atoms with Gasteiger partial charge in [-0.1, -0.05) is 13.8 Å². The highest BCUT2D eigenvalue weighted by Crippen LogP contribution is 2.47. The highest BCUT2D eigenvalue weighted by atomic mass is 15.2. The van der Waals surface area contributed by atoms with E-state index in [-0.39, 0.29) is 11.4 Å². The largest absolute Gasteiger partial charge is 0.383 e. The maximum absolute atomic E-state index is 9.87. The Balaban J connectivity index is 1.94. The molecule has 1 aliphatic carbocycles. The Morgan fingerprint density at radius 2 is 1.91 bits per heavy atom. The zero-order chi connectivity index (χ0) is 24.9. The van der Waals surface area contributed by atoms with Crippen molar-refractivity contribution in [2.45, 2.75) is 72.8 Å². The first-order chi connectivity index (χ1) is 16.0. The van der Waals surface area contributed by atoms with E-state index >= 15 is 0 Å². The van der Waals surface area contributed by atoms with Crippen LogP contribution in [-0.2, 0) is 0 Å². The third-order valence-electron chi connectivity index (χ3n) is 7.50. The number of nitriles is 2. The zero-order valence-corrected chi connectivity index (χ0v) is 21.3. The number of hydrogen-bond donors (Lipinski definition) is 1. The Bertz CT molecular complexity index is 1340. The number of pyridine rings is 1. The lowest BCUT2D eigenvalue weighted by Crippen LogP contribution is -2.48. The minimum Gasteiger partial charge on any atom is -0.383 e. The summed E-state index contributed by atoms with van der Waals surface area (Å²) in [4.78, 5) is 7.02. The Morgan fingerprint density at radius 3 is 2.53 bits per heavy atom. The zero-order valence-electron chi connectivity index (χ0n) is 21.3. The van der Waals surface area contributed by atoms with E-state index in [2.05, 4.69) is 74.8 Å². The summed E-state index contributed by atoms with van der Waals surface area (Å²) in [6.45, 7) is 16.3. The third-order valence-corrected chi connectivity index (χ3v) is 7.50. The number of hydrogen-bond acceptors (Lipinski definition) is 5. The van der Waals surface area contributed by atoms with Gasteiger partial charge in [-0.3, -0.25) is 0 Å². The van der Waals surface area contributed by atoms with Crippen molar-refractivity contribution in [2.24, 2.45) is 0 Å². The first-order valence-corrected chi connectivity index (χ1v) is 12.0. The number of aryl methyl sites for hydroxylation is 1. The molecule has 1 atom stereocenters. The molecule has 2 N–H and O–H groups in total. The smallest absolute Gasteiger partial charge is 0.142 e. The topological polar surface area (TPSA) is 89.7 Å². The van der Waals surface area contributed by atoms with Crippen LogP contribution in [0.3, 0.4) is 0 Å². The molecule has 34 heavy (non-hydrogen) atoms. The third kappa shape index (κ3) is 3.48. The van der Waals surface area contributed by atoms with E-state index < -0.39 is 0 Å². The summed E-state index contributed by atoms with van der Waals surface area (Å²) in [6, 6.07) is 9.14. The van der Waals surface area contributed by atoms with Crippen LogP contribution in [-0.4, -0.2) is 17.1 Å². The van der Waals surface area contributed by atoms with Gasteiger partial charge >= 0.3 is 0 Å². The molecule has 1 aromatic carbocycles. The fourth-order valence-corrected chi connectivity index (χ4v) is 5.80. The predicted molar refractivity (Wildman–Crippen MR) is 140 cm³/mol. The maximum Gasteiger partial charge on any atom is 0.142 e. The lowest BCUT2D eigenvalue weighted by atomic mass is 9.78. The summed E-state index contributed by atoms with van der Waals surface area (Å²) in [5.41, 5.74) is 16.1. The molecule has 0 bridgehead atoms. The molecule has 5 nitrogen and oxygen atoms in total. The summed E-state index contributed by atoms with van der Waals surface area (Å²) < 4.78 is 0. The molecule has 2 heterocycles. The monoisotopic (exact) mass is 451 g/mol. The van der Waals surface area contributed by atoms with Crippen LogP contribution < -0.4 is 10.6 Å². The summed E-state index contributed by atoms with van der Waals surface area (Å²) in [5, 5.41) is 19.5. The number of aromatic nitrogens is 1. The lowest BCUT2D eigenvalue weighted by Gasteiger charge is -2.48. The van der Waals surface area contributed by atoms with Gasteiger partial charge in [-0.15, -0.1) is 0 Å². The second-order valence-corrected chi connectivity index (χ2v) is 10.3. The van der Waals surface area contributed by atoms with Gasteiger partial charge < -0.3 is 10.6 Å². The van der Waals surface area contributed by atoms with Crippen LogP contribution in [0.15, 0.2) is 17.7 Å². The maximum atomic E-state index is 9.87. The Labute approximate surface area is 203 Å². The number of rotatable bonds is 3. The van der Waals surface area contributed by atoms with Gasteiger partial charge in [0.1, 0.15) is 18.0 Å². The first kappa shape index (κ1) is 23.6. The number of benzene rings is 1. The molecule has 0 amide bonds. The first-order valence-electron chi connectivity index (χ1n) is 12.0. The van der Waals surface area contributed by atoms with E-state index in [1.807, 2.05) is 13.8 Å². The molecule has 0 saturated carbocycles. The Kier molecular flexibility index (Phi) is 5.78. The summed E-state index contributed by atoms with van der Waals surface area (Å²) in [7, 11) is 0. The van der Waals surface area contributed by atoms with E-state index in [0.29, 0.717) is 22.7 Å². The normalized spacial score (nSPS) is 19.6. The second kappa shape index (κ2) is 8.33. The van der Waals surface area contributed by atoms with Crippen molar-refractivity contribution < 1.29 is 0 Å². The number of fused-ring (bicyclic) bond motifs is 2. The summed E-state index contributed by atoms with van der Waals surface area (Å²) in [6.07, 6.45) is 4.38. The van der Waals surface area contributed by atoms with Crippen LogP contribution in [0, 0.1) is 36.5 Å². The van der Waals surface area contributed by atoms with E-state index in [1.54, 1.807) is 0 Å². The van der Waals surface area contributed by atoms with Gasteiger partial charge in [-0.05, 0) is 105 Å². The lowest BCUT2D eigenvalue weighted by molar-refractivity contribution is 0.376. The molecule has 2 aliphatic rings. The molecule has 1 unspecified atom stereocenters. The number of anilines is 2. The van der Waals surface area contributed by atoms with Crippen molar-refractivity contribution in [2.75, 3.05) is 17.2 Å². The predicted octanol–water partition coefficient (Wildman–Crippen LogP) is 6.51. The van der Waals surface area contributed by atoms with Gasteiger partial charge in [-0.25, -0.2) is 4.98 Å². The fourth-order valence-electron chi connectivity index (χ4n) is 5.80. The van der Waals surface area contributed by atoms with Crippen molar-refractivity contribution >= 4 is 28.7 Å². The van der Waals surface area contributed by atoms with Crippen LogP contribution >= 0.6 is 0 Å². The molecule has 2 aromatic rings. The summed E-state index contributed by atoms with van der Waals surface area (Å²) >= 11 is 0. The molecule has 5 heteroatoms. The molecule has 4 rings (SSSR count). The van der Waals surface area contributed by atoms with Crippen LogP contribution in [0.5, 0.6) is 0 Å². The van der Waals surface area contributed by atoms with Crippen molar-refractivity contribution in [3.63, 3.8) is 0 Å². The van der Waals surface area contributed by atoms with E-state index in [0.717, 1.165) is 47.2 Å². The van der Waals surface area contributed by atoms with Gasteiger partial charge in [0.15, 0.2) is 0 Å². The molecule has 1 aliphatic heterocycles. The molecular weight excluding hydrogens is 418 g/mol. The van der Waals surface area contributed by atoms with Gasteiger partial charge in [0.2, 0.25) is 0 Å². The summed E-state index contributed by atoms with van der Waals surface area (Å²) in [5.74, 6) is 0.629. The van der Waals surface area contributed by atoms with Crippen LogP contribution in [0.25, 0.3) is 17.2 Å². The number of nitrogens with two attached hydrogens (primary N) is 1. The highest BCUT2D eigenvalue weighted by Gasteiger charge is 2.36.